The Balaban J connectivity index is 2.01. The van der Waals surface area contributed by atoms with Gasteiger partial charge in [-0.25, -0.2) is 9.78 Å². The quantitative estimate of drug-likeness (QED) is 0.627. The number of pyridine rings is 1. The van der Waals surface area contributed by atoms with E-state index in [1.54, 1.807) is 19.4 Å². The zero-order chi connectivity index (χ0) is 23.2. The van der Waals surface area contributed by atoms with Crippen LogP contribution in [-0.4, -0.2) is 66.3 Å². The lowest BCUT2D eigenvalue weighted by Gasteiger charge is -2.28. The van der Waals surface area contributed by atoms with E-state index in [1.807, 2.05) is 52.5 Å². The number of carbonyl (C=O) groups is 2. The molecule has 1 aliphatic heterocycles. The minimum absolute atomic E-state index is 0.0634. The van der Waals surface area contributed by atoms with Crippen LogP contribution in [0.15, 0.2) is 18.3 Å². The Kier molecular flexibility index (Phi) is 8.28. The van der Waals surface area contributed by atoms with Gasteiger partial charge in [-0.05, 0) is 38.7 Å². The summed E-state index contributed by atoms with van der Waals surface area (Å²) in [4.78, 5) is 31.1. The van der Waals surface area contributed by atoms with Crippen molar-refractivity contribution in [3.05, 3.63) is 18.3 Å². The molecule has 0 unspecified atom stereocenters. The Hall–Kier alpha value is -2.35. The van der Waals surface area contributed by atoms with Gasteiger partial charge in [0.2, 0.25) is 5.91 Å². The van der Waals surface area contributed by atoms with Gasteiger partial charge in [0, 0.05) is 31.8 Å². The lowest BCUT2D eigenvalue weighted by Crippen LogP contribution is -2.41. The molecule has 1 N–H and O–H groups in total. The third-order valence-electron chi connectivity index (χ3n) is 4.72. The highest BCUT2D eigenvalue weighted by Crippen LogP contribution is 2.27. The molecule has 0 radical (unpaired) electrons. The summed E-state index contributed by atoms with van der Waals surface area (Å²) < 4.78 is 16.4. The summed E-state index contributed by atoms with van der Waals surface area (Å²) in [7, 11) is 1.61. The topological polar surface area (TPSA) is 90.0 Å². The summed E-state index contributed by atoms with van der Waals surface area (Å²) in [5.74, 6) is 1.08. The standard InChI is InChI=1S/C23H37N3O5/c1-22(2,3)12-20(27)26-14-18(30-15-21(28)31-23(4,5)6)10-16(26)13-25-19-11-17(29-7)8-9-24-19/h8-9,11,16,18H,10,12-15H2,1-7H3,(H,24,25)/t16-,18+/m0/s1. The first-order chi connectivity index (χ1) is 14.4. The van der Waals surface area contributed by atoms with Crippen LogP contribution in [0.25, 0.3) is 0 Å². The van der Waals surface area contributed by atoms with Gasteiger partial charge in [-0.3, -0.25) is 4.79 Å². The molecule has 174 valence electrons. The van der Waals surface area contributed by atoms with Gasteiger partial charge < -0.3 is 24.4 Å². The van der Waals surface area contributed by atoms with E-state index in [0.29, 0.717) is 37.5 Å². The van der Waals surface area contributed by atoms with Crippen LogP contribution in [0, 0.1) is 5.41 Å². The first kappa shape index (κ1) is 24.9. The number of likely N-dealkylation sites (tertiary alicyclic amines) is 1. The number of amides is 1. The van der Waals surface area contributed by atoms with Crippen molar-refractivity contribution in [1.82, 2.24) is 9.88 Å². The van der Waals surface area contributed by atoms with E-state index in [1.165, 1.54) is 0 Å². The molecule has 8 heteroatoms. The number of aromatic nitrogens is 1. The summed E-state index contributed by atoms with van der Waals surface area (Å²) in [6.07, 6.45) is 2.53. The van der Waals surface area contributed by atoms with Gasteiger partial charge in [0.15, 0.2) is 0 Å². The number of ether oxygens (including phenoxy) is 3. The highest BCUT2D eigenvalue weighted by molar-refractivity contribution is 5.77. The predicted octanol–water partition coefficient (Wildman–Crippen LogP) is 3.27. The van der Waals surface area contributed by atoms with Crippen molar-refractivity contribution in [1.29, 1.82) is 0 Å². The van der Waals surface area contributed by atoms with Gasteiger partial charge in [-0.2, -0.15) is 0 Å². The van der Waals surface area contributed by atoms with Crippen molar-refractivity contribution in [2.24, 2.45) is 5.41 Å². The fourth-order valence-corrected chi connectivity index (χ4v) is 3.46. The van der Waals surface area contributed by atoms with E-state index in [9.17, 15) is 9.59 Å². The third kappa shape index (κ3) is 8.73. The zero-order valence-corrected chi connectivity index (χ0v) is 19.9. The van der Waals surface area contributed by atoms with Crippen molar-refractivity contribution in [2.75, 3.05) is 32.1 Å². The summed E-state index contributed by atoms with van der Waals surface area (Å²) in [6, 6.07) is 3.53. The molecule has 1 aliphatic rings. The number of nitrogens with one attached hydrogen (secondary N) is 1. The van der Waals surface area contributed by atoms with Crippen molar-refractivity contribution < 1.29 is 23.8 Å². The normalized spacial score (nSPS) is 19.3. The number of esters is 1. The van der Waals surface area contributed by atoms with Gasteiger partial charge >= 0.3 is 5.97 Å². The van der Waals surface area contributed by atoms with Crippen LogP contribution in [0.3, 0.4) is 0 Å². The zero-order valence-electron chi connectivity index (χ0n) is 19.9. The summed E-state index contributed by atoms with van der Waals surface area (Å²) in [5.41, 5.74) is -0.667. The molecular weight excluding hydrogens is 398 g/mol. The average Bonchev–Trinajstić information content (AvgIpc) is 3.05. The van der Waals surface area contributed by atoms with E-state index < -0.39 is 11.6 Å². The first-order valence-corrected chi connectivity index (χ1v) is 10.7. The van der Waals surface area contributed by atoms with Gasteiger partial charge in [-0.1, -0.05) is 20.8 Å². The molecule has 31 heavy (non-hydrogen) atoms. The van der Waals surface area contributed by atoms with Crippen LogP contribution < -0.4 is 10.1 Å². The Morgan fingerprint density at radius 1 is 1.23 bits per heavy atom. The number of anilines is 1. The average molecular weight is 436 g/mol. The molecule has 0 aromatic carbocycles. The summed E-state index contributed by atoms with van der Waals surface area (Å²) >= 11 is 0. The number of rotatable bonds is 8. The van der Waals surface area contributed by atoms with E-state index in [2.05, 4.69) is 10.3 Å². The van der Waals surface area contributed by atoms with E-state index in [4.69, 9.17) is 14.2 Å². The van der Waals surface area contributed by atoms with Crippen LogP contribution in [-0.2, 0) is 19.1 Å². The fraction of sp³-hybridized carbons (Fsp3) is 0.696. The van der Waals surface area contributed by atoms with Crippen LogP contribution >= 0.6 is 0 Å². The monoisotopic (exact) mass is 435 g/mol. The molecule has 2 rings (SSSR count). The number of hydrogen-bond acceptors (Lipinski definition) is 7. The molecule has 0 aliphatic carbocycles. The molecule has 1 saturated heterocycles. The number of methoxy groups -OCH3 is 1. The first-order valence-electron chi connectivity index (χ1n) is 10.7. The van der Waals surface area contributed by atoms with Crippen molar-refractivity contribution in [3.8, 4) is 5.75 Å². The molecule has 8 nitrogen and oxygen atoms in total. The molecule has 1 amide bonds. The van der Waals surface area contributed by atoms with Crippen LogP contribution in [0.2, 0.25) is 0 Å². The molecule has 0 bridgehead atoms. The molecule has 2 heterocycles. The highest BCUT2D eigenvalue weighted by Gasteiger charge is 2.37. The van der Waals surface area contributed by atoms with E-state index in [-0.39, 0.29) is 30.1 Å². The van der Waals surface area contributed by atoms with E-state index in [0.717, 1.165) is 0 Å². The second-order valence-electron chi connectivity index (χ2n) is 10.2. The minimum atomic E-state index is -0.555. The summed E-state index contributed by atoms with van der Waals surface area (Å²) in [5, 5.41) is 3.29. The van der Waals surface area contributed by atoms with Crippen molar-refractivity contribution in [2.45, 2.75) is 72.1 Å². The third-order valence-corrected chi connectivity index (χ3v) is 4.72. The molecule has 2 atom stereocenters. The van der Waals surface area contributed by atoms with Crippen molar-refractivity contribution in [3.63, 3.8) is 0 Å². The minimum Gasteiger partial charge on any atom is -0.497 e. The van der Waals surface area contributed by atoms with Crippen LogP contribution in [0.1, 0.15) is 54.4 Å². The molecule has 1 aromatic heterocycles. The van der Waals surface area contributed by atoms with Crippen molar-refractivity contribution >= 4 is 17.7 Å². The second kappa shape index (κ2) is 10.3. The number of hydrogen-bond donors (Lipinski definition) is 1. The molecule has 0 saturated carbocycles. The highest BCUT2D eigenvalue weighted by atomic mass is 16.6. The lowest BCUT2D eigenvalue weighted by atomic mass is 9.91. The Bertz CT molecular complexity index is 754. The molecular formula is C23H37N3O5. The van der Waals surface area contributed by atoms with Crippen LogP contribution in [0.4, 0.5) is 5.82 Å². The van der Waals surface area contributed by atoms with Gasteiger partial charge in [0.25, 0.3) is 0 Å². The SMILES string of the molecule is COc1ccnc(NC[C@@H]2C[C@@H](OCC(=O)OC(C)(C)C)CN2C(=O)CC(C)(C)C)c1. The molecule has 0 spiro atoms. The maximum absolute atomic E-state index is 13.0. The van der Waals surface area contributed by atoms with Gasteiger partial charge in [-0.15, -0.1) is 0 Å². The molecule has 1 aromatic rings. The maximum Gasteiger partial charge on any atom is 0.332 e. The van der Waals surface area contributed by atoms with Gasteiger partial charge in [0.05, 0.1) is 19.3 Å². The summed E-state index contributed by atoms with van der Waals surface area (Å²) in [6.45, 7) is 12.5. The van der Waals surface area contributed by atoms with Crippen LogP contribution in [0.5, 0.6) is 5.75 Å². The second-order valence-corrected chi connectivity index (χ2v) is 10.2. The predicted molar refractivity (Wildman–Crippen MR) is 119 cm³/mol. The van der Waals surface area contributed by atoms with Gasteiger partial charge in [0.1, 0.15) is 23.8 Å². The smallest absolute Gasteiger partial charge is 0.332 e. The largest absolute Gasteiger partial charge is 0.497 e. The Labute approximate surface area is 185 Å². The van der Waals surface area contributed by atoms with E-state index >= 15 is 0 Å². The number of nitrogens with zero attached hydrogens (tertiary/aromatic N) is 2. The Morgan fingerprint density at radius 2 is 1.94 bits per heavy atom. The number of carbonyl (C=O) groups excluding carboxylic acids is 2. The fourth-order valence-electron chi connectivity index (χ4n) is 3.46. The molecule has 1 fully saturated rings. The Morgan fingerprint density at radius 3 is 2.55 bits per heavy atom. The lowest BCUT2D eigenvalue weighted by molar-refractivity contribution is -0.162. The maximum atomic E-state index is 13.0.